The van der Waals surface area contributed by atoms with E-state index in [1.807, 2.05) is 30.3 Å². The summed E-state index contributed by atoms with van der Waals surface area (Å²) in [6.45, 7) is 1.60. The van der Waals surface area contributed by atoms with Gasteiger partial charge in [0, 0.05) is 35.1 Å². The van der Waals surface area contributed by atoms with E-state index in [-0.39, 0.29) is 5.78 Å². The summed E-state index contributed by atoms with van der Waals surface area (Å²) >= 11 is 1.53. The largest absolute Gasteiger partial charge is 0.299 e. The van der Waals surface area contributed by atoms with Gasteiger partial charge in [0.1, 0.15) is 5.78 Å². The molecule has 0 N–H and O–H groups in total. The van der Waals surface area contributed by atoms with E-state index >= 15 is 0 Å². The molecule has 0 aliphatic heterocycles. The first kappa shape index (κ1) is 14.7. The summed E-state index contributed by atoms with van der Waals surface area (Å²) in [5.41, 5.74) is 2.50. The van der Waals surface area contributed by atoms with Crippen molar-refractivity contribution in [1.29, 1.82) is 0 Å². The molecule has 3 rings (SSSR count). The standard InChI is InChI=1S/C17H15N3OS/c1-11(21)10-22-15-8-13(9-18-2)20-17-14(15)6-5-12-4-3-7-19-16(12)17/h3-9H,10H2,1-2H3. The number of hydrogen-bond acceptors (Lipinski definition) is 5. The summed E-state index contributed by atoms with van der Waals surface area (Å²) in [5.74, 6) is 0.599. The van der Waals surface area contributed by atoms with E-state index in [4.69, 9.17) is 0 Å². The molecule has 5 heteroatoms. The Morgan fingerprint density at radius 1 is 1.32 bits per heavy atom. The van der Waals surface area contributed by atoms with Crippen molar-refractivity contribution < 1.29 is 4.79 Å². The van der Waals surface area contributed by atoms with E-state index in [1.54, 1.807) is 26.4 Å². The van der Waals surface area contributed by atoms with Crippen LogP contribution in [-0.4, -0.2) is 34.8 Å². The molecule has 0 saturated heterocycles. The highest BCUT2D eigenvalue weighted by atomic mass is 32.2. The fourth-order valence-corrected chi connectivity index (χ4v) is 3.20. The highest BCUT2D eigenvalue weighted by Gasteiger charge is 2.10. The van der Waals surface area contributed by atoms with Crippen LogP contribution in [0.4, 0.5) is 0 Å². The molecule has 0 fully saturated rings. The molecule has 1 aromatic carbocycles. The first-order chi connectivity index (χ1) is 10.7. The Bertz CT molecular complexity index is 890. The summed E-state index contributed by atoms with van der Waals surface area (Å²) in [5, 5.41) is 2.07. The molecule has 0 unspecified atom stereocenters. The van der Waals surface area contributed by atoms with Crippen molar-refractivity contribution in [2.75, 3.05) is 12.8 Å². The summed E-state index contributed by atoms with van der Waals surface area (Å²) in [4.78, 5) is 25.5. The van der Waals surface area contributed by atoms with Crippen molar-refractivity contribution in [2.45, 2.75) is 11.8 Å². The molecular formula is C17H15N3OS. The number of benzene rings is 1. The molecule has 0 bridgehead atoms. The van der Waals surface area contributed by atoms with Crippen molar-refractivity contribution >= 4 is 45.6 Å². The van der Waals surface area contributed by atoms with Gasteiger partial charge in [-0.05, 0) is 19.1 Å². The van der Waals surface area contributed by atoms with Crippen LogP contribution in [0, 0.1) is 0 Å². The Kier molecular flexibility index (Phi) is 4.15. The number of carbonyl (C=O) groups excluding carboxylic acids is 1. The molecule has 0 aliphatic carbocycles. The number of rotatable bonds is 4. The molecule has 2 heterocycles. The number of Topliss-reactive ketones (excluding diaryl/α,β-unsaturated/α-hetero) is 1. The van der Waals surface area contributed by atoms with E-state index in [0.29, 0.717) is 5.75 Å². The van der Waals surface area contributed by atoms with Crippen LogP contribution in [0.3, 0.4) is 0 Å². The number of thioether (sulfide) groups is 1. The van der Waals surface area contributed by atoms with Crippen LogP contribution in [0.15, 0.2) is 46.4 Å². The zero-order valence-corrected chi connectivity index (χ0v) is 13.2. The Labute approximate surface area is 132 Å². The van der Waals surface area contributed by atoms with Crippen LogP contribution in [0.1, 0.15) is 12.6 Å². The SMILES string of the molecule is CN=Cc1cc(SCC(C)=O)c2ccc3cccnc3c2n1. The third-order valence-electron chi connectivity index (χ3n) is 3.23. The first-order valence-electron chi connectivity index (χ1n) is 6.92. The van der Waals surface area contributed by atoms with Crippen LogP contribution in [0.25, 0.3) is 21.8 Å². The summed E-state index contributed by atoms with van der Waals surface area (Å²) in [6, 6.07) is 9.99. The number of carbonyl (C=O) groups is 1. The number of pyridine rings is 2. The molecule has 22 heavy (non-hydrogen) atoms. The van der Waals surface area contributed by atoms with Gasteiger partial charge < -0.3 is 0 Å². The Balaban J connectivity index is 2.28. The van der Waals surface area contributed by atoms with Gasteiger partial charge in [0.05, 0.1) is 22.5 Å². The number of aliphatic imine (C=N–C) groups is 1. The molecule has 0 saturated carbocycles. The maximum atomic E-state index is 11.3. The predicted molar refractivity (Wildman–Crippen MR) is 92.0 cm³/mol. The Morgan fingerprint density at radius 2 is 2.18 bits per heavy atom. The second kappa shape index (κ2) is 6.23. The quantitative estimate of drug-likeness (QED) is 0.420. The van der Waals surface area contributed by atoms with Gasteiger partial charge in [-0.25, -0.2) is 4.98 Å². The maximum Gasteiger partial charge on any atom is 0.140 e. The van der Waals surface area contributed by atoms with Crippen molar-refractivity contribution in [3.05, 3.63) is 42.2 Å². The smallest absolute Gasteiger partial charge is 0.140 e. The Hall–Kier alpha value is -2.27. The number of hydrogen-bond donors (Lipinski definition) is 0. The molecular weight excluding hydrogens is 294 g/mol. The Morgan fingerprint density at radius 3 is 2.95 bits per heavy atom. The fraction of sp³-hybridized carbons (Fsp3) is 0.176. The number of aromatic nitrogens is 2. The third kappa shape index (κ3) is 2.85. The molecule has 4 nitrogen and oxygen atoms in total. The highest BCUT2D eigenvalue weighted by Crippen LogP contribution is 2.31. The minimum Gasteiger partial charge on any atom is -0.299 e. The zero-order valence-electron chi connectivity index (χ0n) is 12.4. The fourth-order valence-electron chi connectivity index (χ4n) is 2.31. The van der Waals surface area contributed by atoms with E-state index < -0.39 is 0 Å². The third-order valence-corrected chi connectivity index (χ3v) is 4.43. The lowest BCUT2D eigenvalue weighted by Crippen LogP contribution is -1.97. The maximum absolute atomic E-state index is 11.3. The molecule has 110 valence electrons. The molecule has 0 radical (unpaired) electrons. The van der Waals surface area contributed by atoms with E-state index in [1.165, 1.54) is 11.8 Å². The van der Waals surface area contributed by atoms with Gasteiger partial charge in [-0.15, -0.1) is 11.8 Å². The lowest BCUT2D eigenvalue weighted by atomic mass is 10.1. The highest BCUT2D eigenvalue weighted by molar-refractivity contribution is 8.00. The molecule has 3 aromatic rings. The van der Waals surface area contributed by atoms with E-state index in [0.717, 1.165) is 32.4 Å². The zero-order chi connectivity index (χ0) is 15.5. The predicted octanol–water partition coefficient (Wildman–Crippen LogP) is 3.51. The average Bonchev–Trinajstić information content (AvgIpc) is 2.52. The van der Waals surface area contributed by atoms with Gasteiger partial charge in [0.2, 0.25) is 0 Å². The topological polar surface area (TPSA) is 55.2 Å². The van der Waals surface area contributed by atoms with Crippen LogP contribution >= 0.6 is 11.8 Å². The van der Waals surface area contributed by atoms with Crippen LogP contribution in [0.2, 0.25) is 0 Å². The van der Waals surface area contributed by atoms with Gasteiger partial charge in [-0.2, -0.15) is 0 Å². The van der Waals surface area contributed by atoms with Crippen molar-refractivity contribution in [3.63, 3.8) is 0 Å². The van der Waals surface area contributed by atoms with Gasteiger partial charge >= 0.3 is 0 Å². The summed E-state index contributed by atoms with van der Waals surface area (Å²) in [6.07, 6.45) is 3.49. The van der Waals surface area contributed by atoms with E-state index in [9.17, 15) is 4.79 Å². The molecule has 0 amide bonds. The monoisotopic (exact) mass is 309 g/mol. The number of nitrogens with zero attached hydrogens (tertiary/aromatic N) is 3. The molecule has 0 atom stereocenters. The minimum atomic E-state index is 0.152. The number of fused-ring (bicyclic) bond motifs is 3. The number of ketones is 1. The van der Waals surface area contributed by atoms with Crippen LogP contribution < -0.4 is 0 Å². The van der Waals surface area contributed by atoms with Crippen LogP contribution in [-0.2, 0) is 4.79 Å². The van der Waals surface area contributed by atoms with Gasteiger partial charge in [-0.3, -0.25) is 14.8 Å². The van der Waals surface area contributed by atoms with Crippen molar-refractivity contribution in [3.8, 4) is 0 Å². The summed E-state index contributed by atoms with van der Waals surface area (Å²) < 4.78 is 0. The molecule has 0 aliphatic rings. The minimum absolute atomic E-state index is 0.152. The van der Waals surface area contributed by atoms with Gasteiger partial charge in [0.25, 0.3) is 0 Å². The second-order valence-electron chi connectivity index (χ2n) is 4.96. The van der Waals surface area contributed by atoms with Gasteiger partial charge in [0.15, 0.2) is 0 Å². The van der Waals surface area contributed by atoms with Gasteiger partial charge in [-0.1, -0.05) is 18.2 Å². The van der Waals surface area contributed by atoms with Crippen molar-refractivity contribution in [1.82, 2.24) is 9.97 Å². The van der Waals surface area contributed by atoms with Crippen molar-refractivity contribution in [2.24, 2.45) is 4.99 Å². The molecule has 0 spiro atoms. The average molecular weight is 309 g/mol. The first-order valence-corrected chi connectivity index (χ1v) is 7.90. The van der Waals surface area contributed by atoms with E-state index in [2.05, 4.69) is 15.0 Å². The lowest BCUT2D eigenvalue weighted by Gasteiger charge is -2.09. The lowest BCUT2D eigenvalue weighted by molar-refractivity contribution is -0.114. The van der Waals surface area contributed by atoms with Crippen LogP contribution in [0.5, 0.6) is 0 Å². The summed E-state index contributed by atoms with van der Waals surface area (Å²) in [7, 11) is 1.72. The normalized spacial score (nSPS) is 11.5. The second-order valence-corrected chi connectivity index (χ2v) is 5.98. The molecule has 2 aromatic heterocycles.